The summed E-state index contributed by atoms with van der Waals surface area (Å²) in [7, 11) is 1.67. The van der Waals surface area contributed by atoms with Crippen molar-refractivity contribution in [3.8, 4) is 0 Å². The molecule has 1 heterocycles. The highest BCUT2D eigenvalue weighted by Gasteiger charge is 2.31. The van der Waals surface area contributed by atoms with E-state index in [2.05, 4.69) is 10.4 Å². The van der Waals surface area contributed by atoms with E-state index in [-0.39, 0.29) is 17.9 Å². The van der Waals surface area contributed by atoms with Gasteiger partial charge in [0.2, 0.25) is 0 Å². The van der Waals surface area contributed by atoms with Crippen molar-refractivity contribution in [1.29, 1.82) is 0 Å². The molecule has 0 saturated heterocycles. The number of carboxylic acids is 1. The molecule has 19 heavy (non-hydrogen) atoms. The molecule has 1 saturated carbocycles. The highest BCUT2D eigenvalue weighted by molar-refractivity contribution is 6.33. The fourth-order valence-corrected chi connectivity index (χ4v) is 2.74. The third kappa shape index (κ3) is 2.73. The van der Waals surface area contributed by atoms with Crippen LogP contribution in [0.2, 0.25) is 5.15 Å². The van der Waals surface area contributed by atoms with E-state index in [9.17, 15) is 9.59 Å². The maximum atomic E-state index is 12.1. The number of hydrogen-bond donors (Lipinski definition) is 2. The summed E-state index contributed by atoms with van der Waals surface area (Å²) in [4.78, 5) is 23.0. The van der Waals surface area contributed by atoms with E-state index in [1.54, 1.807) is 14.0 Å². The van der Waals surface area contributed by atoms with Gasteiger partial charge in [-0.2, -0.15) is 5.10 Å². The number of rotatable bonds is 3. The first kappa shape index (κ1) is 13.9. The molecule has 1 aromatic heterocycles. The first-order chi connectivity index (χ1) is 8.90. The Morgan fingerprint density at radius 3 is 2.63 bits per heavy atom. The second kappa shape index (κ2) is 5.21. The lowest BCUT2D eigenvalue weighted by atomic mass is 10.1. The summed E-state index contributed by atoms with van der Waals surface area (Å²) in [5, 5.41) is 16.1. The lowest BCUT2D eigenvalue weighted by Gasteiger charge is -2.12. The minimum atomic E-state index is -0.799. The van der Waals surface area contributed by atoms with E-state index < -0.39 is 5.97 Å². The lowest BCUT2D eigenvalue weighted by Crippen LogP contribution is -2.33. The standard InChI is InChI=1S/C12H16ClN3O3/c1-6-9(10(13)16(2)15-6)11(17)14-8-4-3-7(5-8)12(18)19/h7-8H,3-5H2,1-2H3,(H,14,17)(H,18,19)/t7-,8-/m1/s1. The van der Waals surface area contributed by atoms with Crippen LogP contribution < -0.4 is 5.32 Å². The van der Waals surface area contributed by atoms with Crippen LogP contribution in [-0.2, 0) is 11.8 Å². The second-order valence-corrected chi connectivity index (χ2v) is 5.25. The largest absolute Gasteiger partial charge is 0.481 e. The first-order valence-electron chi connectivity index (χ1n) is 6.13. The van der Waals surface area contributed by atoms with Gasteiger partial charge in [-0.25, -0.2) is 0 Å². The number of aromatic nitrogens is 2. The summed E-state index contributed by atoms with van der Waals surface area (Å²) in [6.45, 7) is 1.72. The highest BCUT2D eigenvalue weighted by atomic mass is 35.5. The van der Waals surface area contributed by atoms with Crippen LogP contribution in [-0.4, -0.2) is 32.8 Å². The third-order valence-electron chi connectivity index (χ3n) is 3.50. The van der Waals surface area contributed by atoms with Crippen molar-refractivity contribution in [3.63, 3.8) is 0 Å². The van der Waals surface area contributed by atoms with Crippen molar-refractivity contribution in [2.45, 2.75) is 32.2 Å². The Morgan fingerprint density at radius 2 is 2.16 bits per heavy atom. The Kier molecular flexibility index (Phi) is 3.80. The smallest absolute Gasteiger partial charge is 0.306 e. The van der Waals surface area contributed by atoms with E-state index in [4.69, 9.17) is 16.7 Å². The van der Waals surface area contributed by atoms with Gasteiger partial charge in [0, 0.05) is 13.1 Å². The van der Waals surface area contributed by atoms with Crippen molar-refractivity contribution >= 4 is 23.5 Å². The Labute approximate surface area is 115 Å². The Balaban J connectivity index is 2.04. The molecule has 0 bridgehead atoms. The van der Waals surface area contributed by atoms with Crippen LogP contribution >= 0.6 is 11.6 Å². The molecule has 2 atom stereocenters. The molecule has 1 amide bonds. The quantitative estimate of drug-likeness (QED) is 0.878. The summed E-state index contributed by atoms with van der Waals surface area (Å²) in [5.41, 5.74) is 0.931. The van der Waals surface area contributed by atoms with Crippen molar-refractivity contribution in [1.82, 2.24) is 15.1 Å². The van der Waals surface area contributed by atoms with E-state index in [0.29, 0.717) is 35.7 Å². The molecule has 0 aliphatic heterocycles. The molecule has 1 aliphatic rings. The normalized spacial score (nSPS) is 22.5. The van der Waals surface area contributed by atoms with Gasteiger partial charge in [0.15, 0.2) is 0 Å². The molecule has 2 N–H and O–H groups in total. The summed E-state index contributed by atoms with van der Waals surface area (Å²) in [6, 6.07) is -0.107. The summed E-state index contributed by atoms with van der Waals surface area (Å²) in [5.74, 6) is -1.45. The minimum absolute atomic E-state index is 0.107. The second-order valence-electron chi connectivity index (χ2n) is 4.89. The van der Waals surface area contributed by atoms with Gasteiger partial charge in [-0.3, -0.25) is 14.3 Å². The van der Waals surface area contributed by atoms with Crippen LogP contribution in [0.15, 0.2) is 0 Å². The van der Waals surface area contributed by atoms with Gasteiger partial charge < -0.3 is 10.4 Å². The van der Waals surface area contributed by atoms with Crippen LogP contribution in [0.1, 0.15) is 35.3 Å². The van der Waals surface area contributed by atoms with Gasteiger partial charge in [0.25, 0.3) is 5.91 Å². The molecule has 1 aromatic rings. The molecule has 1 fully saturated rings. The average Bonchev–Trinajstić information content (AvgIpc) is 2.85. The van der Waals surface area contributed by atoms with Crippen molar-refractivity contribution < 1.29 is 14.7 Å². The van der Waals surface area contributed by atoms with Crippen molar-refractivity contribution in [2.24, 2.45) is 13.0 Å². The summed E-state index contributed by atoms with van der Waals surface area (Å²) in [6.07, 6.45) is 1.75. The van der Waals surface area contributed by atoms with E-state index in [1.165, 1.54) is 4.68 Å². The number of carboxylic acid groups (broad SMARTS) is 1. The van der Waals surface area contributed by atoms with E-state index in [1.807, 2.05) is 0 Å². The summed E-state index contributed by atoms with van der Waals surface area (Å²) < 4.78 is 1.44. The maximum absolute atomic E-state index is 12.1. The fourth-order valence-electron chi connectivity index (χ4n) is 2.48. The minimum Gasteiger partial charge on any atom is -0.481 e. The van der Waals surface area contributed by atoms with Crippen LogP contribution in [0.3, 0.4) is 0 Å². The predicted octanol–water partition coefficient (Wildman–Crippen LogP) is 1.37. The van der Waals surface area contributed by atoms with Gasteiger partial charge in [0.05, 0.1) is 17.2 Å². The van der Waals surface area contributed by atoms with Crippen LogP contribution in [0.5, 0.6) is 0 Å². The van der Waals surface area contributed by atoms with Crippen molar-refractivity contribution in [2.75, 3.05) is 0 Å². The lowest BCUT2D eigenvalue weighted by molar-refractivity contribution is -0.141. The van der Waals surface area contributed by atoms with E-state index in [0.717, 1.165) is 0 Å². The van der Waals surface area contributed by atoms with Crippen LogP contribution in [0.25, 0.3) is 0 Å². The number of aliphatic carboxylic acids is 1. The number of amides is 1. The Hall–Kier alpha value is -1.56. The Morgan fingerprint density at radius 1 is 1.47 bits per heavy atom. The van der Waals surface area contributed by atoms with E-state index >= 15 is 0 Å². The van der Waals surface area contributed by atoms with Gasteiger partial charge in [-0.1, -0.05) is 11.6 Å². The molecule has 0 unspecified atom stereocenters. The highest BCUT2D eigenvalue weighted by Crippen LogP contribution is 2.26. The molecular weight excluding hydrogens is 270 g/mol. The molecule has 104 valence electrons. The molecule has 2 rings (SSSR count). The topological polar surface area (TPSA) is 84.2 Å². The number of halogens is 1. The molecule has 0 aromatic carbocycles. The van der Waals surface area contributed by atoms with Gasteiger partial charge in [0.1, 0.15) is 5.15 Å². The first-order valence-corrected chi connectivity index (χ1v) is 6.50. The van der Waals surface area contributed by atoms with Crippen LogP contribution in [0.4, 0.5) is 0 Å². The number of aryl methyl sites for hydroxylation is 2. The monoisotopic (exact) mass is 285 g/mol. The molecular formula is C12H16ClN3O3. The zero-order chi connectivity index (χ0) is 14.2. The molecule has 1 aliphatic carbocycles. The zero-order valence-corrected chi connectivity index (χ0v) is 11.6. The number of hydrogen-bond acceptors (Lipinski definition) is 3. The Bertz CT molecular complexity index is 527. The fraction of sp³-hybridized carbons (Fsp3) is 0.583. The van der Waals surface area contributed by atoms with Gasteiger partial charge in [-0.05, 0) is 26.2 Å². The molecule has 0 radical (unpaired) electrons. The summed E-state index contributed by atoms with van der Waals surface area (Å²) >= 11 is 6.02. The average molecular weight is 286 g/mol. The van der Waals surface area contributed by atoms with Gasteiger partial charge >= 0.3 is 5.97 Å². The third-order valence-corrected chi connectivity index (χ3v) is 3.93. The van der Waals surface area contributed by atoms with Crippen molar-refractivity contribution in [3.05, 3.63) is 16.4 Å². The number of carbonyl (C=O) groups is 2. The number of nitrogens with zero attached hydrogens (tertiary/aromatic N) is 2. The number of carbonyl (C=O) groups excluding carboxylic acids is 1. The van der Waals surface area contributed by atoms with Crippen LogP contribution in [0, 0.1) is 12.8 Å². The predicted molar refractivity (Wildman–Crippen MR) is 69.2 cm³/mol. The maximum Gasteiger partial charge on any atom is 0.306 e. The SMILES string of the molecule is Cc1nn(C)c(Cl)c1C(=O)N[C@@H]1CC[C@@H](C(=O)O)C1. The van der Waals surface area contributed by atoms with Gasteiger partial charge in [-0.15, -0.1) is 0 Å². The zero-order valence-electron chi connectivity index (χ0n) is 10.8. The molecule has 0 spiro atoms. The molecule has 7 heteroatoms. The number of nitrogens with one attached hydrogen (secondary N) is 1. The molecule has 6 nitrogen and oxygen atoms in total.